The highest BCUT2D eigenvalue weighted by Crippen LogP contribution is 2.19. The zero-order valence-corrected chi connectivity index (χ0v) is 15.4. The van der Waals surface area contributed by atoms with Crippen LogP contribution in [0.2, 0.25) is 0 Å². The summed E-state index contributed by atoms with van der Waals surface area (Å²) in [5, 5.41) is 13.2. The van der Waals surface area contributed by atoms with Crippen molar-refractivity contribution >= 4 is 23.1 Å². The van der Waals surface area contributed by atoms with Crippen LogP contribution < -0.4 is 0 Å². The van der Waals surface area contributed by atoms with E-state index in [1.54, 1.807) is 11.3 Å². The van der Waals surface area contributed by atoms with Crippen LogP contribution in [0, 0.1) is 11.3 Å². The average Bonchev–Trinajstić information content (AvgIpc) is 3.02. The topological polar surface area (TPSA) is 56.1 Å². The van der Waals surface area contributed by atoms with Crippen LogP contribution >= 0.6 is 23.1 Å². The molecule has 0 atom stereocenters. The summed E-state index contributed by atoms with van der Waals surface area (Å²) in [6.45, 7) is 6.12. The van der Waals surface area contributed by atoms with Gasteiger partial charge in [0, 0.05) is 31.2 Å². The molecular weight excluding hydrogens is 338 g/mol. The van der Waals surface area contributed by atoms with E-state index in [1.807, 2.05) is 30.0 Å². The van der Waals surface area contributed by atoms with Crippen LogP contribution in [0.1, 0.15) is 22.7 Å². The second-order valence-electron chi connectivity index (χ2n) is 5.80. The summed E-state index contributed by atoms with van der Waals surface area (Å²) in [6, 6.07) is 6.08. The Morgan fingerprint density at radius 3 is 2.67 bits per heavy atom. The predicted molar refractivity (Wildman–Crippen MR) is 98.0 cm³/mol. The monoisotopic (exact) mass is 359 g/mol. The number of thioether (sulfide) groups is 1. The number of pyridine rings is 1. The van der Waals surface area contributed by atoms with Gasteiger partial charge in [-0.05, 0) is 37.9 Å². The van der Waals surface area contributed by atoms with E-state index in [-0.39, 0.29) is 0 Å². The SMILES string of the molecule is CSc1nc(CN2CCCN(Cc3nccs3)CC2)ccc1C#N. The number of aromatic nitrogens is 2. The molecule has 2 aromatic rings. The van der Waals surface area contributed by atoms with Crippen LogP contribution in [-0.2, 0) is 13.1 Å². The van der Waals surface area contributed by atoms with Gasteiger partial charge in [-0.25, -0.2) is 9.97 Å². The molecule has 0 aromatic carbocycles. The first kappa shape index (κ1) is 17.4. The summed E-state index contributed by atoms with van der Waals surface area (Å²) in [7, 11) is 0. The molecule has 1 aliphatic heterocycles. The molecule has 1 saturated heterocycles. The Morgan fingerprint density at radius 2 is 2.00 bits per heavy atom. The van der Waals surface area contributed by atoms with Crippen molar-refractivity contribution < 1.29 is 0 Å². The molecule has 0 radical (unpaired) electrons. The molecule has 1 fully saturated rings. The lowest BCUT2D eigenvalue weighted by Crippen LogP contribution is -2.30. The van der Waals surface area contributed by atoms with Crippen LogP contribution in [0.25, 0.3) is 0 Å². The normalized spacial score (nSPS) is 16.7. The Morgan fingerprint density at radius 1 is 1.21 bits per heavy atom. The predicted octanol–water partition coefficient (Wildman–Crippen LogP) is 2.84. The van der Waals surface area contributed by atoms with Gasteiger partial charge in [0.15, 0.2) is 0 Å². The van der Waals surface area contributed by atoms with Gasteiger partial charge in [0.25, 0.3) is 0 Å². The van der Waals surface area contributed by atoms with Crippen LogP contribution in [0.5, 0.6) is 0 Å². The molecule has 0 spiro atoms. The third kappa shape index (κ3) is 4.54. The lowest BCUT2D eigenvalue weighted by molar-refractivity contribution is 0.245. The minimum Gasteiger partial charge on any atom is -0.296 e. The first-order valence-electron chi connectivity index (χ1n) is 8.05. The highest BCUT2D eigenvalue weighted by atomic mass is 32.2. The number of hydrogen-bond acceptors (Lipinski definition) is 7. The van der Waals surface area contributed by atoms with E-state index < -0.39 is 0 Å². The number of hydrogen-bond donors (Lipinski definition) is 0. The van der Waals surface area contributed by atoms with E-state index in [4.69, 9.17) is 5.26 Å². The van der Waals surface area contributed by atoms with Gasteiger partial charge in [-0.3, -0.25) is 9.80 Å². The van der Waals surface area contributed by atoms with Crippen LogP contribution in [0.4, 0.5) is 0 Å². The Kier molecular flexibility index (Phi) is 6.21. The molecule has 5 nitrogen and oxygen atoms in total. The molecule has 3 heterocycles. The highest BCUT2D eigenvalue weighted by Gasteiger charge is 2.16. The first-order valence-corrected chi connectivity index (χ1v) is 10.2. The lowest BCUT2D eigenvalue weighted by Gasteiger charge is -2.21. The molecule has 0 saturated carbocycles. The Bertz CT molecular complexity index is 696. The van der Waals surface area contributed by atoms with Gasteiger partial charge in [-0.2, -0.15) is 5.26 Å². The van der Waals surface area contributed by atoms with E-state index in [0.717, 1.165) is 56.4 Å². The van der Waals surface area contributed by atoms with E-state index in [2.05, 4.69) is 25.8 Å². The number of rotatable bonds is 5. The van der Waals surface area contributed by atoms with Crippen molar-refractivity contribution in [2.45, 2.75) is 24.5 Å². The van der Waals surface area contributed by atoms with Gasteiger partial charge in [-0.15, -0.1) is 23.1 Å². The van der Waals surface area contributed by atoms with Crippen molar-refractivity contribution in [3.63, 3.8) is 0 Å². The van der Waals surface area contributed by atoms with Gasteiger partial charge in [-0.1, -0.05) is 0 Å². The minimum absolute atomic E-state index is 0.664. The third-order valence-electron chi connectivity index (χ3n) is 4.14. The van der Waals surface area contributed by atoms with Crippen LogP contribution in [-0.4, -0.2) is 52.2 Å². The first-order chi connectivity index (χ1) is 11.8. The largest absolute Gasteiger partial charge is 0.296 e. The number of thiazole rings is 1. The van der Waals surface area contributed by atoms with Gasteiger partial charge in [0.2, 0.25) is 0 Å². The van der Waals surface area contributed by atoms with Gasteiger partial charge >= 0.3 is 0 Å². The second kappa shape index (κ2) is 8.58. The van der Waals surface area contributed by atoms with E-state index >= 15 is 0 Å². The van der Waals surface area contributed by atoms with Crippen molar-refractivity contribution in [2.75, 3.05) is 32.4 Å². The molecule has 0 N–H and O–H groups in total. The molecule has 0 amide bonds. The van der Waals surface area contributed by atoms with Crippen LogP contribution in [0.3, 0.4) is 0 Å². The van der Waals surface area contributed by atoms with Crippen molar-refractivity contribution in [3.05, 3.63) is 40.0 Å². The summed E-state index contributed by atoms with van der Waals surface area (Å²) in [5.41, 5.74) is 1.71. The molecule has 0 bridgehead atoms. The molecule has 126 valence electrons. The molecule has 1 aliphatic rings. The molecule has 3 rings (SSSR count). The summed E-state index contributed by atoms with van der Waals surface area (Å²) in [6.07, 6.45) is 5.01. The maximum Gasteiger partial charge on any atom is 0.114 e. The van der Waals surface area contributed by atoms with Gasteiger partial charge < -0.3 is 0 Å². The summed E-state index contributed by atoms with van der Waals surface area (Å²) < 4.78 is 0. The molecule has 2 aromatic heterocycles. The van der Waals surface area contributed by atoms with E-state index in [0.29, 0.717) is 5.56 Å². The molecule has 0 aliphatic carbocycles. The zero-order chi connectivity index (χ0) is 16.8. The third-order valence-corrected chi connectivity index (χ3v) is 5.60. The van der Waals surface area contributed by atoms with Crippen molar-refractivity contribution in [3.8, 4) is 6.07 Å². The average molecular weight is 360 g/mol. The molecular formula is C17H21N5S2. The second-order valence-corrected chi connectivity index (χ2v) is 7.58. The Hall–Kier alpha value is -1.46. The Labute approximate surface area is 151 Å². The fourth-order valence-electron chi connectivity index (χ4n) is 2.90. The summed E-state index contributed by atoms with van der Waals surface area (Å²) in [4.78, 5) is 14.0. The van der Waals surface area contributed by atoms with Gasteiger partial charge in [0.1, 0.15) is 16.1 Å². The fourth-order valence-corrected chi connectivity index (χ4v) is 4.10. The molecule has 24 heavy (non-hydrogen) atoms. The summed E-state index contributed by atoms with van der Waals surface area (Å²) in [5.74, 6) is 0. The number of nitriles is 1. The van der Waals surface area contributed by atoms with Crippen molar-refractivity contribution in [1.82, 2.24) is 19.8 Å². The summed E-state index contributed by atoms with van der Waals surface area (Å²) >= 11 is 3.27. The molecule has 0 unspecified atom stereocenters. The maximum absolute atomic E-state index is 9.11. The van der Waals surface area contributed by atoms with Crippen molar-refractivity contribution in [2.24, 2.45) is 0 Å². The lowest BCUT2D eigenvalue weighted by atomic mass is 10.2. The fraction of sp³-hybridized carbons (Fsp3) is 0.471. The van der Waals surface area contributed by atoms with Gasteiger partial charge in [0.05, 0.1) is 17.8 Å². The Balaban J connectivity index is 1.57. The number of nitrogens with zero attached hydrogens (tertiary/aromatic N) is 5. The highest BCUT2D eigenvalue weighted by molar-refractivity contribution is 7.98. The molecule has 7 heteroatoms. The standard InChI is InChI=1S/C17H21N5S2/c1-23-17-14(11-18)3-4-15(20-17)12-21-6-2-7-22(9-8-21)13-16-19-5-10-24-16/h3-5,10H,2,6-9,12-13H2,1H3. The van der Waals surface area contributed by atoms with Crippen molar-refractivity contribution in [1.29, 1.82) is 5.26 Å². The smallest absolute Gasteiger partial charge is 0.114 e. The maximum atomic E-state index is 9.11. The van der Waals surface area contributed by atoms with E-state index in [1.165, 1.54) is 16.8 Å². The van der Waals surface area contributed by atoms with E-state index in [9.17, 15) is 0 Å². The van der Waals surface area contributed by atoms with Crippen LogP contribution in [0.15, 0.2) is 28.7 Å². The zero-order valence-electron chi connectivity index (χ0n) is 13.8. The minimum atomic E-state index is 0.664. The quantitative estimate of drug-likeness (QED) is 0.765.